The van der Waals surface area contributed by atoms with Crippen molar-refractivity contribution < 1.29 is 9.53 Å². The average Bonchev–Trinajstić information content (AvgIpc) is 3.48. The van der Waals surface area contributed by atoms with Crippen LogP contribution in [0.1, 0.15) is 17.9 Å². The number of nitrogens with zero attached hydrogens (tertiary/aromatic N) is 2. The molecule has 2 aromatic rings. The second-order valence-electron chi connectivity index (χ2n) is 6.95. The van der Waals surface area contributed by atoms with Crippen LogP contribution in [0.15, 0.2) is 54.6 Å². The Hall–Kier alpha value is -2.69. The summed E-state index contributed by atoms with van der Waals surface area (Å²) in [6, 6.07) is 18.8. The molecule has 1 saturated carbocycles. The van der Waals surface area contributed by atoms with Crippen molar-refractivity contribution in [1.82, 2.24) is 10.2 Å². The lowest BCUT2D eigenvalue weighted by Gasteiger charge is -2.36. The summed E-state index contributed by atoms with van der Waals surface area (Å²) in [5.74, 6) is 1.35. The highest BCUT2D eigenvalue weighted by molar-refractivity contribution is 5.75. The number of urea groups is 1. The number of rotatable bonds is 4. The highest BCUT2D eigenvalue weighted by Gasteiger charge is 2.40. The molecule has 2 aliphatic rings. The van der Waals surface area contributed by atoms with Gasteiger partial charge in [0.15, 0.2) is 0 Å². The van der Waals surface area contributed by atoms with Crippen molar-refractivity contribution in [2.75, 3.05) is 38.2 Å². The summed E-state index contributed by atoms with van der Waals surface area (Å²) in [5, 5.41) is 3.19. The predicted molar refractivity (Wildman–Crippen MR) is 103 cm³/mol. The zero-order valence-electron chi connectivity index (χ0n) is 15.1. The first-order valence-electron chi connectivity index (χ1n) is 9.24. The molecule has 1 saturated heterocycles. The second-order valence-corrected chi connectivity index (χ2v) is 6.95. The van der Waals surface area contributed by atoms with Gasteiger partial charge in [0.2, 0.25) is 0 Å². The molecule has 2 fully saturated rings. The van der Waals surface area contributed by atoms with Gasteiger partial charge in [-0.1, -0.05) is 42.5 Å². The number of anilines is 1. The lowest BCUT2D eigenvalue weighted by Crippen LogP contribution is -2.52. The van der Waals surface area contributed by atoms with Gasteiger partial charge < -0.3 is 19.9 Å². The first-order valence-corrected chi connectivity index (χ1v) is 9.24. The van der Waals surface area contributed by atoms with Crippen LogP contribution >= 0.6 is 0 Å². The van der Waals surface area contributed by atoms with E-state index in [-0.39, 0.29) is 12.1 Å². The number of hydrogen-bond acceptors (Lipinski definition) is 3. The van der Waals surface area contributed by atoms with Gasteiger partial charge in [0.05, 0.1) is 12.8 Å². The molecule has 2 aromatic carbocycles. The van der Waals surface area contributed by atoms with Crippen molar-refractivity contribution in [2.45, 2.75) is 18.4 Å². The first kappa shape index (κ1) is 16.8. The molecule has 1 aliphatic carbocycles. The molecule has 26 heavy (non-hydrogen) atoms. The van der Waals surface area contributed by atoms with Gasteiger partial charge in [0, 0.05) is 38.1 Å². The van der Waals surface area contributed by atoms with Crippen LogP contribution in [-0.2, 0) is 0 Å². The van der Waals surface area contributed by atoms with Crippen LogP contribution in [0.5, 0.6) is 5.75 Å². The fourth-order valence-corrected chi connectivity index (χ4v) is 3.71. The minimum absolute atomic E-state index is 0.0631. The Morgan fingerprint density at radius 3 is 2.42 bits per heavy atom. The molecule has 1 heterocycles. The molecule has 0 radical (unpaired) electrons. The van der Waals surface area contributed by atoms with Crippen molar-refractivity contribution in [3.8, 4) is 5.75 Å². The van der Waals surface area contributed by atoms with Crippen molar-refractivity contribution in [3.63, 3.8) is 0 Å². The van der Waals surface area contributed by atoms with Crippen molar-refractivity contribution in [3.05, 3.63) is 60.2 Å². The Kier molecular flexibility index (Phi) is 4.69. The zero-order chi connectivity index (χ0) is 17.9. The Labute approximate surface area is 154 Å². The summed E-state index contributed by atoms with van der Waals surface area (Å²) < 4.78 is 5.45. The van der Waals surface area contributed by atoms with Crippen molar-refractivity contribution in [1.29, 1.82) is 0 Å². The minimum atomic E-state index is 0.0631. The number of carbonyl (C=O) groups is 1. The van der Waals surface area contributed by atoms with Crippen LogP contribution in [0.2, 0.25) is 0 Å². The van der Waals surface area contributed by atoms with Crippen LogP contribution in [0.25, 0.3) is 0 Å². The molecule has 4 rings (SSSR count). The van der Waals surface area contributed by atoms with Gasteiger partial charge in [-0.15, -0.1) is 0 Å². The molecule has 2 unspecified atom stereocenters. The summed E-state index contributed by atoms with van der Waals surface area (Å²) >= 11 is 0. The lowest BCUT2D eigenvalue weighted by atomic mass is 10.1. The third-order valence-electron chi connectivity index (χ3n) is 5.32. The van der Waals surface area contributed by atoms with Crippen molar-refractivity contribution >= 4 is 11.7 Å². The molecule has 5 heteroatoms. The van der Waals surface area contributed by atoms with Crippen LogP contribution < -0.4 is 15.0 Å². The molecular weight excluding hydrogens is 326 g/mol. The average molecular weight is 351 g/mol. The van der Waals surface area contributed by atoms with Gasteiger partial charge in [-0.05, 0) is 24.1 Å². The van der Waals surface area contributed by atoms with Gasteiger partial charge in [-0.2, -0.15) is 0 Å². The van der Waals surface area contributed by atoms with E-state index in [0.29, 0.717) is 5.92 Å². The quantitative estimate of drug-likeness (QED) is 0.921. The van der Waals surface area contributed by atoms with E-state index in [0.717, 1.165) is 44.0 Å². The second kappa shape index (κ2) is 7.28. The largest absolute Gasteiger partial charge is 0.495 e. The van der Waals surface area contributed by atoms with E-state index in [2.05, 4.69) is 40.5 Å². The summed E-state index contributed by atoms with van der Waals surface area (Å²) in [6.07, 6.45) is 1.04. The fraction of sp³-hybridized carbons (Fsp3) is 0.381. The number of carbonyl (C=O) groups excluding carboxylic acids is 1. The van der Waals surface area contributed by atoms with Gasteiger partial charge >= 0.3 is 6.03 Å². The summed E-state index contributed by atoms with van der Waals surface area (Å²) in [5.41, 5.74) is 2.42. The molecule has 1 N–H and O–H groups in total. The van der Waals surface area contributed by atoms with Gasteiger partial charge in [-0.3, -0.25) is 0 Å². The van der Waals surface area contributed by atoms with E-state index < -0.39 is 0 Å². The van der Waals surface area contributed by atoms with E-state index >= 15 is 0 Å². The standard InChI is InChI=1S/C21H25N3O2/c1-26-20-10-6-5-9-19(20)23-11-13-24(14-12-23)21(25)22-18-15-17(18)16-7-3-2-4-8-16/h2-10,17-18H,11-15H2,1H3,(H,22,25). The first-order chi connectivity index (χ1) is 12.8. The molecule has 136 valence electrons. The Balaban J connectivity index is 1.29. The van der Waals surface area contributed by atoms with E-state index in [9.17, 15) is 4.79 Å². The number of methoxy groups -OCH3 is 1. The minimum Gasteiger partial charge on any atom is -0.495 e. The third-order valence-corrected chi connectivity index (χ3v) is 5.32. The Bertz CT molecular complexity index is 757. The number of ether oxygens (including phenoxy) is 1. The smallest absolute Gasteiger partial charge is 0.317 e. The zero-order valence-corrected chi connectivity index (χ0v) is 15.1. The SMILES string of the molecule is COc1ccccc1N1CCN(C(=O)NC2CC2c2ccccc2)CC1. The number of para-hydroxylation sites is 2. The van der Waals surface area contributed by atoms with E-state index in [1.807, 2.05) is 29.2 Å². The highest BCUT2D eigenvalue weighted by atomic mass is 16.5. The van der Waals surface area contributed by atoms with Gasteiger partial charge in [-0.25, -0.2) is 4.79 Å². The number of benzene rings is 2. The van der Waals surface area contributed by atoms with Crippen LogP contribution in [0.3, 0.4) is 0 Å². The summed E-state index contributed by atoms with van der Waals surface area (Å²) in [7, 11) is 1.70. The van der Waals surface area contributed by atoms with Crippen LogP contribution in [-0.4, -0.2) is 50.3 Å². The maximum absolute atomic E-state index is 12.6. The molecule has 5 nitrogen and oxygen atoms in total. The molecule has 2 amide bonds. The van der Waals surface area contributed by atoms with Crippen LogP contribution in [0.4, 0.5) is 10.5 Å². The van der Waals surface area contributed by atoms with E-state index in [1.54, 1.807) is 7.11 Å². The molecule has 0 bridgehead atoms. The van der Waals surface area contributed by atoms with Crippen molar-refractivity contribution in [2.24, 2.45) is 0 Å². The topological polar surface area (TPSA) is 44.8 Å². The molecular formula is C21H25N3O2. The monoisotopic (exact) mass is 351 g/mol. The summed E-state index contributed by atoms with van der Waals surface area (Å²) in [4.78, 5) is 16.8. The van der Waals surface area contributed by atoms with E-state index in [4.69, 9.17) is 4.74 Å². The fourth-order valence-electron chi connectivity index (χ4n) is 3.71. The van der Waals surface area contributed by atoms with E-state index in [1.165, 1.54) is 5.56 Å². The molecule has 0 aromatic heterocycles. The number of amides is 2. The molecule has 1 aliphatic heterocycles. The lowest BCUT2D eigenvalue weighted by molar-refractivity contribution is 0.193. The predicted octanol–water partition coefficient (Wildman–Crippen LogP) is 3.08. The number of nitrogens with one attached hydrogen (secondary N) is 1. The maximum atomic E-state index is 12.6. The molecule has 0 spiro atoms. The number of piperazine rings is 1. The number of hydrogen-bond donors (Lipinski definition) is 1. The Morgan fingerprint density at radius 2 is 1.69 bits per heavy atom. The third kappa shape index (κ3) is 3.47. The van der Waals surface area contributed by atoms with Crippen LogP contribution in [0, 0.1) is 0 Å². The van der Waals surface area contributed by atoms with Gasteiger partial charge in [0.1, 0.15) is 5.75 Å². The molecule has 2 atom stereocenters. The van der Waals surface area contributed by atoms with Gasteiger partial charge in [0.25, 0.3) is 0 Å². The Morgan fingerprint density at radius 1 is 1.00 bits per heavy atom. The summed E-state index contributed by atoms with van der Waals surface area (Å²) in [6.45, 7) is 3.10. The highest BCUT2D eigenvalue weighted by Crippen LogP contribution is 2.40. The normalized spacial score (nSPS) is 22.0. The maximum Gasteiger partial charge on any atom is 0.317 e.